The van der Waals surface area contributed by atoms with E-state index in [9.17, 15) is 4.79 Å². The standard InChI is InChI=1S/C23H31NO2/c1-16(2)21-12-11-18(4)15-22(21)26-19(5)23(25)24-13-7-10-20-9-6-8-17(3)14-20/h6,8-9,11-12,14-16,19H,7,10,13H2,1-5H3,(H,24,25)/t19-/m1/s1. The van der Waals surface area contributed by atoms with Crippen LogP contribution in [0.4, 0.5) is 0 Å². The van der Waals surface area contributed by atoms with E-state index in [0.29, 0.717) is 12.5 Å². The molecule has 1 atom stereocenters. The molecule has 2 rings (SSSR count). The third kappa shape index (κ3) is 5.91. The summed E-state index contributed by atoms with van der Waals surface area (Å²) in [5.74, 6) is 1.10. The van der Waals surface area contributed by atoms with Crippen LogP contribution in [0.5, 0.6) is 5.75 Å². The van der Waals surface area contributed by atoms with E-state index in [0.717, 1.165) is 29.7 Å². The Morgan fingerprint density at radius 3 is 2.46 bits per heavy atom. The highest BCUT2D eigenvalue weighted by Crippen LogP contribution is 2.28. The Morgan fingerprint density at radius 1 is 1.04 bits per heavy atom. The first-order valence-electron chi connectivity index (χ1n) is 9.47. The van der Waals surface area contributed by atoms with Crippen LogP contribution in [0, 0.1) is 13.8 Å². The second-order valence-electron chi connectivity index (χ2n) is 7.34. The summed E-state index contributed by atoms with van der Waals surface area (Å²) in [6.07, 6.45) is 1.38. The highest BCUT2D eigenvalue weighted by atomic mass is 16.5. The van der Waals surface area contributed by atoms with E-state index < -0.39 is 6.10 Å². The summed E-state index contributed by atoms with van der Waals surface area (Å²) in [4.78, 5) is 12.3. The highest BCUT2D eigenvalue weighted by molar-refractivity contribution is 5.80. The first kappa shape index (κ1) is 20.0. The lowest BCUT2D eigenvalue weighted by Crippen LogP contribution is -2.37. The fourth-order valence-corrected chi connectivity index (χ4v) is 2.98. The number of nitrogens with one attached hydrogen (secondary N) is 1. The Balaban J connectivity index is 1.83. The third-order valence-electron chi connectivity index (χ3n) is 4.49. The Labute approximate surface area is 157 Å². The predicted molar refractivity (Wildman–Crippen MR) is 108 cm³/mol. The fourth-order valence-electron chi connectivity index (χ4n) is 2.98. The lowest BCUT2D eigenvalue weighted by atomic mass is 10.0. The molecule has 0 bridgehead atoms. The molecule has 0 fully saturated rings. The maximum absolute atomic E-state index is 12.3. The van der Waals surface area contributed by atoms with Crippen molar-refractivity contribution in [1.29, 1.82) is 0 Å². The van der Waals surface area contributed by atoms with Gasteiger partial charge < -0.3 is 10.1 Å². The zero-order valence-electron chi connectivity index (χ0n) is 16.6. The normalized spacial score (nSPS) is 12.1. The Hall–Kier alpha value is -2.29. The average Bonchev–Trinajstić information content (AvgIpc) is 2.58. The van der Waals surface area contributed by atoms with Gasteiger partial charge in [0.25, 0.3) is 5.91 Å². The van der Waals surface area contributed by atoms with Gasteiger partial charge in [-0.15, -0.1) is 0 Å². The summed E-state index contributed by atoms with van der Waals surface area (Å²) in [5, 5.41) is 2.99. The minimum absolute atomic E-state index is 0.0644. The molecule has 0 spiro atoms. The minimum atomic E-state index is -0.506. The molecule has 1 N–H and O–H groups in total. The van der Waals surface area contributed by atoms with E-state index in [-0.39, 0.29) is 5.91 Å². The number of rotatable bonds is 8. The van der Waals surface area contributed by atoms with Crippen molar-refractivity contribution in [2.24, 2.45) is 0 Å². The molecule has 0 aliphatic heterocycles. The maximum atomic E-state index is 12.3. The topological polar surface area (TPSA) is 38.3 Å². The van der Waals surface area contributed by atoms with Crippen LogP contribution in [0.25, 0.3) is 0 Å². The van der Waals surface area contributed by atoms with Gasteiger partial charge in [-0.2, -0.15) is 0 Å². The first-order valence-corrected chi connectivity index (χ1v) is 9.47. The number of hydrogen-bond donors (Lipinski definition) is 1. The SMILES string of the molecule is Cc1cccc(CCCNC(=O)[C@@H](C)Oc2cc(C)ccc2C(C)C)c1. The van der Waals surface area contributed by atoms with Gasteiger partial charge in [0.1, 0.15) is 5.75 Å². The number of hydrogen-bond acceptors (Lipinski definition) is 2. The summed E-state index contributed by atoms with van der Waals surface area (Å²) in [5.41, 5.74) is 4.85. The number of amides is 1. The molecule has 0 saturated heterocycles. The molecule has 2 aromatic carbocycles. The van der Waals surface area contributed by atoms with Crippen molar-refractivity contribution in [3.05, 3.63) is 64.7 Å². The number of carbonyl (C=O) groups excluding carboxylic acids is 1. The van der Waals surface area contributed by atoms with Crippen LogP contribution >= 0.6 is 0 Å². The van der Waals surface area contributed by atoms with Gasteiger partial charge in [-0.05, 0) is 62.3 Å². The van der Waals surface area contributed by atoms with E-state index in [4.69, 9.17) is 4.74 Å². The Morgan fingerprint density at radius 2 is 1.77 bits per heavy atom. The van der Waals surface area contributed by atoms with E-state index >= 15 is 0 Å². The molecular weight excluding hydrogens is 322 g/mol. The summed E-state index contributed by atoms with van der Waals surface area (Å²) in [7, 11) is 0. The highest BCUT2D eigenvalue weighted by Gasteiger charge is 2.17. The van der Waals surface area contributed by atoms with Crippen LogP contribution in [-0.4, -0.2) is 18.6 Å². The summed E-state index contributed by atoms with van der Waals surface area (Å²) in [6.45, 7) is 10.9. The molecule has 3 nitrogen and oxygen atoms in total. The van der Waals surface area contributed by atoms with Crippen LogP contribution in [0.3, 0.4) is 0 Å². The molecule has 3 heteroatoms. The average molecular weight is 354 g/mol. The van der Waals surface area contributed by atoms with E-state index in [1.165, 1.54) is 11.1 Å². The number of aryl methyl sites for hydroxylation is 3. The van der Waals surface area contributed by atoms with Crippen molar-refractivity contribution in [3.8, 4) is 5.75 Å². The van der Waals surface area contributed by atoms with Crippen LogP contribution < -0.4 is 10.1 Å². The lowest BCUT2D eigenvalue weighted by molar-refractivity contribution is -0.127. The van der Waals surface area contributed by atoms with Crippen molar-refractivity contribution in [3.63, 3.8) is 0 Å². The monoisotopic (exact) mass is 353 g/mol. The number of carbonyl (C=O) groups is 1. The van der Waals surface area contributed by atoms with Gasteiger partial charge in [-0.1, -0.05) is 55.8 Å². The van der Waals surface area contributed by atoms with Gasteiger partial charge in [-0.3, -0.25) is 4.79 Å². The molecule has 0 saturated carbocycles. The van der Waals surface area contributed by atoms with Crippen molar-refractivity contribution >= 4 is 5.91 Å². The molecule has 0 radical (unpaired) electrons. The lowest BCUT2D eigenvalue weighted by Gasteiger charge is -2.19. The van der Waals surface area contributed by atoms with Gasteiger partial charge >= 0.3 is 0 Å². The summed E-state index contributed by atoms with van der Waals surface area (Å²) >= 11 is 0. The van der Waals surface area contributed by atoms with Gasteiger partial charge in [0.2, 0.25) is 0 Å². The first-order chi connectivity index (χ1) is 12.4. The predicted octanol–water partition coefficient (Wildman–Crippen LogP) is 4.94. The Kier molecular flexibility index (Phi) is 7.26. The number of benzene rings is 2. The van der Waals surface area contributed by atoms with Crippen molar-refractivity contribution < 1.29 is 9.53 Å². The van der Waals surface area contributed by atoms with Crippen molar-refractivity contribution in [1.82, 2.24) is 5.32 Å². The van der Waals surface area contributed by atoms with Gasteiger partial charge in [-0.25, -0.2) is 0 Å². The third-order valence-corrected chi connectivity index (χ3v) is 4.49. The largest absolute Gasteiger partial charge is 0.481 e. The van der Waals surface area contributed by atoms with Crippen molar-refractivity contribution in [2.75, 3.05) is 6.54 Å². The zero-order valence-corrected chi connectivity index (χ0v) is 16.6. The molecule has 1 amide bonds. The molecule has 26 heavy (non-hydrogen) atoms. The minimum Gasteiger partial charge on any atom is -0.481 e. The molecule has 0 aromatic heterocycles. The fraction of sp³-hybridized carbons (Fsp3) is 0.435. The molecule has 0 unspecified atom stereocenters. The summed E-state index contributed by atoms with van der Waals surface area (Å²) < 4.78 is 5.97. The van der Waals surface area contributed by atoms with E-state index in [1.807, 2.05) is 19.9 Å². The van der Waals surface area contributed by atoms with E-state index in [1.54, 1.807) is 0 Å². The molecule has 2 aromatic rings. The molecule has 0 aliphatic rings. The van der Waals surface area contributed by atoms with Gasteiger partial charge in [0.05, 0.1) is 0 Å². The van der Waals surface area contributed by atoms with Crippen LogP contribution in [0.15, 0.2) is 42.5 Å². The molecule has 0 aliphatic carbocycles. The van der Waals surface area contributed by atoms with E-state index in [2.05, 4.69) is 62.5 Å². The summed E-state index contributed by atoms with van der Waals surface area (Å²) in [6, 6.07) is 14.7. The van der Waals surface area contributed by atoms with Gasteiger partial charge in [0, 0.05) is 6.54 Å². The number of ether oxygens (including phenoxy) is 1. The second-order valence-corrected chi connectivity index (χ2v) is 7.34. The molecular formula is C23H31NO2. The maximum Gasteiger partial charge on any atom is 0.260 e. The second kappa shape index (κ2) is 9.42. The van der Waals surface area contributed by atoms with Crippen LogP contribution in [0.1, 0.15) is 55.4 Å². The van der Waals surface area contributed by atoms with Gasteiger partial charge in [0.15, 0.2) is 6.10 Å². The van der Waals surface area contributed by atoms with Crippen LogP contribution in [0.2, 0.25) is 0 Å². The van der Waals surface area contributed by atoms with Crippen LogP contribution in [-0.2, 0) is 11.2 Å². The quantitative estimate of drug-likeness (QED) is 0.682. The smallest absolute Gasteiger partial charge is 0.260 e. The molecule has 0 heterocycles. The Bertz CT molecular complexity index is 737. The zero-order chi connectivity index (χ0) is 19.1. The van der Waals surface area contributed by atoms with Crippen molar-refractivity contribution in [2.45, 2.75) is 59.5 Å². The molecule has 140 valence electrons.